The predicted molar refractivity (Wildman–Crippen MR) is 92.7 cm³/mol. The summed E-state index contributed by atoms with van der Waals surface area (Å²) in [6.07, 6.45) is 2.32. The van der Waals surface area contributed by atoms with E-state index in [1.54, 1.807) is 7.11 Å². The Morgan fingerprint density at radius 2 is 1.95 bits per heavy atom. The lowest BCUT2D eigenvalue weighted by molar-refractivity contribution is 0.415. The maximum absolute atomic E-state index is 5.33. The van der Waals surface area contributed by atoms with Crippen molar-refractivity contribution >= 4 is 33.9 Å². The van der Waals surface area contributed by atoms with Gasteiger partial charge in [0.2, 0.25) is 0 Å². The van der Waals surface area contributed by atoms with Crippen LogP contribution in [0.4, 0.5) is 5.69 Å². The third kappa shape index (κ3) is 2.54. The molecule has 0 bridgehead atoms. The molecule has 20 heavy (non-hydrogen) atoms. The van der Waals surface area contributed by atoms with Gasteiger partial charge in [0.25, 0.3) is 0 Å². The van der Waals surface area contributed by atoms with E-state index in [1.165, 1.54) is 16.7 Å². The fraction of sp³-hybridized carbons (Fsp3) is 0.176. The van der Waals surface area contributed by atoms with Crippen LogP contribution >= 0.6 is 22.6 Å². The molecule has 2 aromatic carbocycles. The number of anilines is 1. The minimum Gasteiger partial charge on any atom is -0.497 e. The molecule has 0 saturated carbocycles. The minimum absolute atomic E-state index is 0.223. The first-order chi connectivity index (χ1) is 9.81. The monoisotopic (exact) mass is 377 g/mol. The maximum atomic E-state index is 5.33. The van der Waals surface area contributed by atoms with Gasteiger partial charge in [-0.15, -0.1) is 0 Å². The molecule has 0 radical (unpaired) electrons. The zero-order valence-corrected chi connectivity index (χ0v) is 13.4. The van der Waals surface area contributed by atoms with Gasteiger partial charge >= 0.3 is 0 Å². The van der Waals surface area contributed by atoms with Crippen LogP contribution in [0.25, 0.3) is 5.57 Å². The van der Waals surface area contributed by atoms with E-state index >= 15 is 0 Å². The number of halogens is 1. The van der Waals surface area contributed by atoms with Gasteiger partial charge in [0.05, 0.1) is 13.2 Å². The highest BCUT2D eigenvalue weighted by molar-refractivity contribution is 14.1. The van der Waals surface area contributed by atoms with Crippen LogP contribution in [0.1, 0.15) is 17.2 Å². The number of allylic oxidation sites excluding steroid dienone is 1. The molecule has 1 aliphatic rings. The van der Waals surface area contributed by atoms with Gasteiger partial charge in [0.1, 0.15) is 5.75 Å². The van der Waals surface area contributed by atoms with Crippen LogP contribution in [-0.4, -0.2) is 11.5 Å². The summed E-state index contributed by atoms with van der Waals surface area (Å²) in [6, 6.07) is 17.0. The van der Waals surface area contributed by atoms with Crippen LogP contribution < -0.4 is 10.1 Å². The molecule has 1 atom stereocenters. The van der Waals surface area contributed by atoms with Crippen LogP contribution in [0.15, 0.2) is 54.6 Å². The summed E-state index contributed by atoms with van der Waals surface area (Å²) in [4.78, 5) is 0. The smallest absolute Gasteiger partial charge is 0.120 e. The van der Waals surface area contributed by atoms with Crippen molar-refractivity contribution in [2.75, 3.05) is 16.9 Å². The third-order valence-electron chi connectivity index (χ3n) is 3.55. The van der Waals surface area contributed by atoms with Crippen LogP contribution in [-0.2, 0) is 0 Å². The summed E-state index contributed by atoms with van der Waals surface area (Å²) in [5.74, 6) is 0.887. The topological polar surface area (TPSA) is 21.3 Å². The standard InChI is InChI=1S/C17H16INO/c1-20-14-7-8-15-13(11-18)9-16(19-17(15)10-14)12-5-3-2-4-6-12/h2-10,16,19H,11H2,1H3. The summed E-state index contributed by atoms with van der Waals surface area (Å²) in [5.41, 5.74) is 5.07. The number of ether oxygens (including phenoxy) is 1. The second-order valence-corrected chi connectivity index (χ2v) is 5.53. The van der Waals surface area contributed by atoms with Crippen molar-refractivity contribution < 1.29 is 4.74 Å². The largest absolute Gasteiger partial charge is 0.497 e. The van der Waals surface area contributed by atoms with Crippen molar-refractivity contribution in [3.05, 3.63) is 65.7 Å². The molecule has 1 N–H and O–H groups in total. The number of nitrogens with one attached hydrogen (secondary N) is 1. The van der Waals surface area contributed by atoms with E-state index in [2.05, 4.69) is 70.4 Å². The lowest BCUT2D eigenvalue weighted by atomic mass is 9.94. The highest BCUT2D eigenvalue weighted by atomic mass is 127. The second-order valence-electron chi connectivity index (χ2n) is 4.77. The van der Waals surface area contributed by atoms with Crippen molar-refractivity contribution in [3.63, 3.8) is 0 Å². The Kier molecular flexibility index (Phi) is 3.96. The summed E-state index contributed by atoms with van der Waals surface area (Å²) in [5, 5.41) is 3.59. The van der Waals surface area contributed by atoms with E-state index in [0.29, 0.717) is 0 Å². The zero-order chi connectivity index (χ0) is 13.9. The summed E-state index contributed by atoms with van der Waals surface area (Å²) in [6.45, 7) is 0. The van der Waals surface area contributed by atoms with Crippen molar-refractivity contribution in [2.45, 2.75) is 6.04 Å². The highest BCUT2D eigenvalue weighted by Crippen LogP contribution is 2.37. The number of rotatable bonds is 3. The average Bonchev–Trinajstić information content (AvgIpc) is 2.54. The predicted octanol–water partition coefficient (Wildman–Crippen LogP) is 4.68. The Morgan fingerprint density at radius 3 is 2.65 bits per heavy atom. The first-order valence-electron chi connectivity index (χ1n) is 6.58. The minimum atomic E-state index is 0.223. The number of alkyl halides is 1. The Balaban J connectivity index is 2.03. The Hall–Kier alpha value is -1.49. The van der Waals surface area contributed by atoms with Crippen molar-refractivity contribution in [2.24, 2.45) is 0 Å². The first-order valence-corrected chi connectivity index (χ1v) is 8.11. The molecule has 0 saturated heterocycles. The Labute approximate surface area is 133 Å². The van der Waals surface area contributed by atoms with E-state index in [9.17, 15) is 0 Å². The summed E-state index contributed by atoms with van der Waals surface area (Å²) < 4.78 is 6.33. The normalized spacial score (nSPS) is 16.9. The number of fused-ring (bicyclic) bond motifs is 1. The Bertz CT molecular complexity index is 637. The van der Waals surface area contributed by atoms with E-state index in [4.69, 9.17) is 4.74 Å². The molecule has 1 aliphatic heterocycles. The van der Waals surface area contributed by atoms with Gasteiger partial charge in [0.15, 0.2) is 0 Å². The summed E-state index contributed by atoms with van der Waals surface area (Å²) >= 11 is 2.42. The number of benzene rings is 2. The molecule has 2 nitrogen and oxygen atoms in total. The van der Waals surface area contributed by atoms with Gasteiger partial charge in [-0.25, -0.2) is 0 Å². The van der Waals surface area contributed by atoms with Crippen LogP contribution in [0.2, 0.25) is 0 Å². The molecule has 0 aliphatic carbocycles. The van der Waals surface area contributed by atoms with Gasteiger partial charge in [-0.1, -0.05) is 59.0 Å². The highest BCUT2D eigenvalue weighted by Gasteiger charge is 2.19. The molecular weight excluding hydrogens is 361 g/mol. The van der Waals surface area contributed by atoms with E-state index < -0.39 is 0 Å². The molecule has 0 spiro atoms. The molecular formula is C17H16INO. The van der Waals surface area contributed by atoms with Crippen molar-refractivity contribution in [1.82, 2.24) is 0 Å². The average molecular weight is 377 g/mol. The van der Waals surface area contributed by atoms with E-state index in [1.807, 2.05) is 12.1 Å². The van der Waals surface area contributed by atoms with Gasteiger partial charge in [-0.05, 0) is 23.3 Å². The molecule has 0 amide bonds. The summed E-state index contributed by atoms with van der Waals surface area (Å²) in [7, 11) is 1.70. The quantitative estimate of drug-likeness (QED) is 0.620. The maximum Gasteiger partial charge on any atom is 0.120 e. The third-order valence-corrected chi connectivity index (χ3v) is 4.38. The van der Waals surface area contributed by atoms with Gasteiger partial charge in [-0.2, -0.15) is 0 Å². The van der Waals surface area contributed by atoms with Gasteiger partial charge in [0, 0.05) is 21.7 Å². The van der Waals surface area contributed by atoms with Crippen molar-refractivity contribution in [3.8, 4) is 5.75 Å². The van der Waals surface area contributed by atoms with Gasteiger partial charge < -0.3 is 10.1 Å². The lowest BCUT2D eigenvalue weighted by Crippen LogP contribution is -2.15. The molecule has 3 rings (SSSR count). The molecule has 0 aromatic heterocycles. The molecule has 1 unspecified atom stereocenters. The SMILES string of the molecule is COc1ccc2c(c1)NC(c1ccccc1)C=C2CI. The Morgan fingerprint density at radius 1 is 1.15 bits per heavy atom. The zero-order valence-electron chi connectivity index (χ0n) is 11.3. The molecule has 102 valence electrons. The van der Waals surface area contributed by atoms with Gasteiger partial charge in [-0.3, -0.25) is 0 Å². The fourth-order valence-corrected chi connectivity index (χ4v) is 3.17. The lowest BCUT2D eigenvalue weighted by Gasteiger charge is -2.26. The van der Waals surface area contributed by atoms with E-state index in [-0.39, 0.29) is 6.04 Å². The van der Waals surface area contributed by atoms with E-state index in [0.717, 1.165) is 15.9 Å². The molecule has 3 heteroatoms. The fourth-order valence-electron chi connectivity index (χ4n) is 2.51. The molecule has 2 aromatic rings. The second kappa shape index (κ2) is 5.87. The molecule has 1 heterocycles. The molecule has 0 fully saturated rings. The number of methoxy groups -OCH3 is 1. The van der Waals surface area contributed by atoms with Crippen LogP contribution in [0.5, 0.6) is 5.75 Å². The first kappa shape index (κ1) is 13.5. The number of hydrogen-bond acceptors (Lipinski definition) is 2. The van der Waals surface area contributed by atoms with Crippen molar-refractivity contribution in [1.29, 1.82) is 0 Å². The van der Waals surface area contributed by atoms with Crippen LogP contribution in [0, 0.1) is 0 Å². The van der Waals surface area contributed by atoms with Crippen LogP contribution in [0.3, 0.4) is 0 Å². The number of hydrogen-bond donors (Lipinski definition) is 1.